The number of hydrogen-bond acceptors (Lipinski definition) is 8. The number of thiophene rings is 1. The van der Waals surface area contributed by atoms with E-state index in [1.165, 1.54) is 22.2 Å². The van der Waals surface area contributed by atoms with Crippen molar-refractivity contribution < 1.29 is 0 Å². The molecule has 0 radical (unpaired) electrons. The van der Waals surface area contributed by atoms with Gasteiger partial charge in [-0.05, 0) is 36.3 Å². The van der Waals surface area contributed by atoms with Crippen molar-refractivity contribution in [3.05, 3.63) is 16.3 Å². The average molecular weight is 349 g/mol. The first kappa shape index (κ1) is 16.1. The molecule has 0 spiro atoms. The molecule has 0 aliphatic heterocycles. The number of rotatable bonds is 6. The van der Waals surface area contributed by atoms with E-state index in [1.807, 2.05) is 4.68 Å². The minimum atomic E-state index is 0.546. The van der Waals surface area contributed by atoms with Crippen molar-refractivity contribution in [1.29, 1.82) is 0 Å². The lowest BCUT2D eigenvalue weighted by molar-refractivity contribution is 0.540. The SMILES string of the molecule is CCCCn1nnnc1CSc1nc(N)c2c(C)c(C)sc2n1. The van der Waals surface area contributed by atoms with Crippen LogP contribution in [0.5, 0.6) is 0 Å². The molecule has 0 aliphatic rings. The van der Waals surface area contributed by atoms with Gasteiger partial charge in [-0.25, -0.2) is 14.6 Å². The van der Waals surface area contributed by atoms with Crippen molar-refractivity contribution >= 4 is 39.1 Å². The Labute approximate surface area is 142 Å². The van der Waals surface area contributed by atoms with Gasteiger partial charge in [0.1, 0.15) is 10.6 Å². The van der Waals surface area contributed by atoms with E-state index >= 15 is 0 Å². The summed E-state index contributed by atoms with van der Waals surface area (Å²) in [4.78, 5) is 11.2. The van der Waals surface area contributed by atoms with E-state index in [9.17, 15) is 0 Å². The molecule has 0 unspecified atom stereocenters. The van der Waals surface area contributed by atoms with Crippen molar-refractivity contribution in [1.82, 2.24) is 30.2 Å². The van der Waals surface area contributed by atoms with Gasteiger partial charge < -0.3 is 5.73 Å². The van der Waals surface area contributed by atoms with Crippen LogP contribution in [0, 0.1) is 13.8 Å². The van der Waals surface area contributed by atoms with Crippen LogP contribution >= 0.6 is 23.1 Å². The zero-order valence-corrected chi connectivity index (χ0v) is 15.0. The highest BCUT2D eigenvalue weighted by molar-refractivity contribution is 7.98. The van der Waals surface area contributed by atoms with Gasteiger partial charge in [0.05, 0.1) is 11.1 Å². The Morgan fingerprint density at radius 2 is 2.09 bits per heavy atom. The average Bonchev–Trinajstić information content (AvgIpc) is 3.08. The minimum absolute atomic E-state index is 0.546. The fraction of sp³-hybridized carbons (Fsp3) is 0.500. The predicted octanol–water partition coefficient (Wildman–Crippen LogP) is 2.97. The Morgan fingerprint density at radius 1 is 1.26 bits per heavy atom. The molecule has 9 heteroatoms. The highest BCUT2D eigenvalue weighted by Gasteiger charge is 2.14. The van der Waals surface area contributed by atoms with Crippen molar-refractivity contribution in [2.24, 2.45) is 0 Å². The molecular weight excluding hydrogens is 330 g/mol. The fourth-order valence-electron chi connectivity index (χ4n) is 2.26. The lowest BCUT2D eigenvalue weighted by Gasteiger charge is -2.04. The third kappa shape index (κ3) is 3.30. The molecule has 3 aromatic rings. The maximum Gasteiger partial charge on any atom is 0.191 e. The number of hydrogen-bond donors (Lipinski definition) is 1. The molecule has 0 amide bonds. The molecule has 23 heavy (non-hydrogen) atoms. The number of aromatic nitrogens is 6. The summed E-state index contributed by atoms with van der Waals surface area (Å²) in [5.74, 6) is 2.01. The van der Waals surface area contributed by atoms with Gasteiger partial charge >= 0.3 is 0 Å². The zero-order chi connectivity index (χ0) is 16.4. The Kier molecular flexibility index (Phi) is 4.76. The summed E-state index contributed by atoms with van der Waals surface area (Å²) in [5.41, 5.74) is 7.28. The summed E-state index contributed by atoms with van der Waals surface area (Å²) in [6.45, 7) is 7.12. The van der Waals surface area contributed by atoms with Crippen LogP contribution in [-0.4, -0.2) is 30.2 Å². The first-order valence-electron chi connectivity index (χ1n) is 7.51. The lowest BCUT2D eigenvalue weighted by atomic mass is 10.2. The number of anilines is 1. The van der Waals surface area contributed by atoms with Crippen LogP contribution in [0.4, 0.5) is 5.82 Å². The molecule has 3 heterocycles. The van der Waals surface area contributed by atoms with Crippen LogP contribution in [0.2, 0.25) is 0 Å². The number of fused-ring (bicyclic) bond motifs is 1. The Hall–Kier alpha value is -1.74. The number of nitrogens with two attached hydrogens (primary N) is 1. The number of nitrogens with zero attached hydrogens (tertiary/aromatic N) is 6. The number of nitrogen functional groups attached to an aromatic ring is 1. The molecule has 0 aromatic carbocycles. The van der Waals surface area contributed by atoms with Crippen molar-refractivity contribution in [3.63, 3.8) is 0 Å². The van der Waals surface area contributed by atoms with Crippen LogP contribution < -0.4 is 5.73 Å². The largest absolute Gasteiger partial charge is 0.383 e. The Morgan fingerprint density at radius 3 is 2.87 bits per heavy atom. The summed E-state index contributed by atoms with van der Waals surface area (Å²) in [6, 6.07) is 0. The van der Waals surface area contributed by atoms with Crippen LogP contribution in [-0.2, 0) is 12.3 Å². The van der Waals surface area contributed by atoms with Crippen LogP contribution in [0.15, 0.2) is 5.16 Å². The molecule has 0 atom stereocenters. The quantitative estimate of drug-likeness (QED) is 0.540. The maximum absolute atomic E-state index is 6.11. The summed E-state index contributed by atoms with van der Waals surface area (Å²) in [6.07, 6.45) is 2.17. The summed E-state index contributed by atoms with van der Waals surface area (Å²) in [7, 11) is 0. The Bertz CT molecular complexity index is 824. The highest BCUT2D eigenvalue weighted by Crippen LogP contribution is 2.33. The molecule has 0 saturated carbocycles. The van der Waals surface area contributed by atoms with E-state index in [1.54, 1.807) is 11.3 Å². The number of aryl methyl sites for hydroxylation is 3. The standard InChI is InChI=1S/C14H19N7S2/c1-4-5-6-21-10(18-19-20-21)7-22-14-16-12(15)11-8(2)9(3)23-13(11)17-14/h4-7H2,1-3H3,(H2,15,16,17). The van der Waals surface area contributed by atoms with Gasteiger partial charge in [0.2, 0.25) is 0 Å². The van der Waals surface area contributed by atoms with E-state index in [4.69, 9.17) is 5.73 Å². The maximum atomic E-state index is 6.11. The van der Waals surface area contributed by atoms with E-state index < -0.39 is 0 Å². The lowest BCUT2D eigenvalue weighted by Crippen LogP contribution is -2.05. The van der Waals surface area contributed by atoms with E-state index in [-0.39, 0.29) is 0 Å². The monoisotopic (exact) mass is 349 g/mol. The number of unbranched alkanes of at least 4 members (excludes halogenated alkanes) is 1. The third-order valence-electron chi connectivity index (χ3n) is 3.70. The van der Waals surface area contributed by atoms with Crippen LogP contribution in [0.3, 0.4) is 0 Å². The number of tetrazole rings is 1. The van der Waals surface area contributed by atoms with Crippen molar-refractivity contribution in [2.75, 3.05) is 5.73 Å². The van der Waals surface area contributed by atoms with Gasteiger partial charge in [-0.2, -0.15) is 0 Å². The van der Waals surface area contributed by atoms with Crippen LogP contribution in [0.1, 0.15) is 36.0 Å². The van der Waals surface area contributed by atoms with Gasteiger partial charge in [-0.15, -0.1) is 16.4 Å². The van der Waals surface area contributed by atoms with Gasteiger partial charge in [0.15, 0.2) is 11.0 Å². The summed E-state index contributed by atoms with van der Waals surface area (Å²) < 4.78 is 1.85. The molecule has 7 nitrogen and oxygen atoms in total. The van der Waals surface area contributed by atoms with E-state index in [0.29, 0.717) is 16.7 Å². The first-order chi connectivity index (χ1) is 11.1. The second-order valence-electron chi connectivity index (χ2n) is 5.32. The van der Waals surface area contributed by atoms with E-state index in [0.717, 1.165) is 35.4 Å². The van der Waals surface area contributed by atoms with Crippen molar-refractivity contribution in [2.45, 2.75) is 51.1 Å². The van der Waals surface area contributed by atoms with Gasteiger partial charge in [0, 0.05) is 11.4 Å². The molecule has 0 bridgehead atoms. The van der Waals surface area contributed by atoms with Crippen molar-refractivity contribution in [3.8, 4) is 0 Å². The normalized spacial score (nSPS) is 11.4. The first-order valence-corrected chi connectivity index (χ1v) is 9.31. The number of thioether (sulfide) groups is 1. The minimum Gasteiger partial charge on any atom is -0.383 e. The molecule has 0 fully saturated rings. The van der Waals surface area contributed by atoms with Gasteiger partial charge in [-0.1, -0.05) is 25.1 Å². The fourth-order valence-corrected chi connectivity index (χ4v) is 4.14. The molecule has 2 N–H and O–H groups in total. The summed E-state index contributed by atoms with van der Waals surface area (Å²) in [5, 5.41) is 13.5. The smallest absolute Gasteiger partial charge is 0.191 e. The zero-order valence-electron chi connectivity index (χ0n) is 13.4. The molecule has 3 aromatic heterocycles. The molecule has 3 rings (SSSR count). The molecular formula is C14H19N7S2. The van der Waals surface area contributed by atoms with Crippen LogP contribution in [0.25, 0.3) is 10.2 Å². The molecule has 0 saturated heterocycles. The molecule has 0 aliphatic carbocycles. The predicted molar refractivity (Wildman–Crippen MR) is 93.6 cm³/mol. The summed E-state index contributed by atoms with van der Waals surface area (Å²) >= 11 is 3.17. The topological polar surface area (TPSA) is 95.4 Å². The Balaban J connectivity index is 1.79. The van der Waals surface area contributed by atoms with Gasteiger partial charge in [0.25, 0.3) is 0 Å². The highest BCUT2D eigenvalue weighted by atomic mass is 32.2. The second kappa shape index (κ2) is 6.79. The molecule has 122 valence electrons. The third-order valence-corrected chi connectivity index (χ3v) is 5.64. The second-order valence-corrected chi connectivity index (χ2v) is 7.46. The van der Waals surface area contributed by atoms with E-state index in [2.05, 4.69) is 46.3 Å². The van der Waals surface area contributed by atoms with Gasteiger partial charge in [-0.3, -0.25) is 0 Å².